The lowest BCUT2D eigenvalue weighted by molar-refractivity contribution is 0.115. The molecule has 1 saturated heterocycles. The van der Waals surface area contributed by atoms with Crippen LogP contribution in [0.15, 0.2) is 0 Å². The van der Waals surface area contributed by atoms with Gasteiger partial charge in [-0.1, -0.05) is 0 Å². The molecule has 35 heavy (non-hydrogen) atoms. The van der Waals surface area contributed by atoms with E-state index in [9.17, 15) is 0 Å². The molecule has 210 valence electrons. The molecule has 4 atom stereocenters. The van der Waals surface area contributed by atoms with Crippen molar-refractivity contribution in [3.63, 3.8) is 0 Å². The second-order valence-electron chi connectivity index (χ2n) is 11.4. The maximum absolute atomic E-state index is 7.07. The van der Waals surface area contributed by atoms with Crippen molar-refractivity contribution in [3.8, 4) is 0 Å². The van der Waals surface area contributed by atoms with Crippen LogP contribution in [0, 0.1) is 0 Å². The first-order valence-corrected chi connectivity index (χ1v) is 28.5. The number of epoxide rings is 1. The number of hydrogen-bond donors (Lipinski definition) is 0. The molecule has 9 nitrogen and oxygen atoms in total. The Hall–Kier alpha value is 0.941. The molecule has 0 saturated carbocycles. The zero-order chi connectivity index (χ0) is 27.0. The van der Waals surface area contributed by atoms with Crippen molar-refractivity contribution in [2.24, 2.45) is 0 Å². The van der Waals surface area contributed by atoms with Crippen LogP contribution < -0.4 is 0 Å². The molecule has 0 aromatic rings. The van der Waals surface area contributed by atoms with Crippen LogP contribution in [0.1, 0.15) is 6.42 Å². The van der Waals surface area contributed by atoms with Crippen molar-refractivity contribution >= 4 is 51.8 Å². The van der Waals surface area contributed by atoms with E-state index in [1.165, 1.54) is 0 Å². The summed E-state index contributed by atoms with van der Waals surface area (Å²) in [6.07, 6.45) is 1.14. The van der Waals surface area contributed by atoms with Crippen molar-refractivity contribution < 1.29 is 39.2 Å². The Morgan fingerprint density at radius 3 is 1.77 bits per heavy atom. The molecule has 0 spiro atoms. The molecular weight excluding hydrogens is 553 g/mol. The van der Waals surface area contributed by atoms with E-state index in [1.807, 2.05) is 0 Å². The predicted octanol–water partition coefficient (Wildman–Crippen LogP) is 4.40. The van der Waals surface area contributed by atoms with Crippen LogP contribution in [-0.2, 0) is 39.2 Å². The van der Waals surface area contributed by atoms with Gasteiger partial charge >= 0.3 is 25.9 Å². The van der Waals surface area contributed by atoms with Crippen molar-refractivity contribution in [3.05, 3.63) is 0 Å². The minimum atomic E-state index is -2.76. The van der Waals surface area contributed by atoms with Crippen LogP contribution >= 0.6 is 0 Å². The summed E-state index contributed by atoms with van der Waals surface area (Å²) >= 11 is 0. The average molecular weight is 605 g/mol. The minimum absolute atomic E-state index is 0.274. The van der Waals surface area contributed by atoms with Crippen molar-refractivity contribution in [2.75, 3.05) is 41.2 Å². The SMILES string of the molecule is CO[Si](CC[Si](C)(O[Si](C)(C)C)O[Si](C)(CCCOCC1CO1)O[SiH](C)O[Si](C)(C)C)(OC)OC. The van der Waals surface area contributed by atoms with E-state index < -0.39 is 51.8 Å². The fourth-order valence-electron chi connectivity index (χ4n) is 4.05. The van der Waals surface area contributed by atoms with Crippen molar-refractivity contribution in [2.45, 2.75) is 89.6 Å². The van der Waals surface area contributed by atoms with E-state index in [0.29, 0.717) is 25.3 Å². The molecule has 15 heteroatoms. The molecule has 0 radical (unpaired) electrons. The third-order valence-electron chi connectivity index (χ3n) is 5.33. The Kier molecular flexibility index (Phi) is 13.9. The Morgan fingerprint density at radius 2 is 1.31 bits per heavy atom. The lowest BCUT2D eigenvalue weighted by Crippen LogP contribution is -2.58. The van der Waals surface area contributed by atoms with Gasteiger partial charge in [0.15, 0.2) is 16.6 Å². The normalized spacial score (nSPS) is 21.4. The van der Waals surface area contributed by atoms with E-state index in [1.54, 1.807) is 21.3 Å². The zero-order valence-electron chi connectivity index (χ0n) is 24.3. The van der Waals surface area contributed by atoms with Gasteiger partial charge in [-0.25, -0.2) is 0 Å². The third-order valence-corrected chi connectivity index (χ3v) is 26.1. The first-order valence-electron chi connectivity index (χ1n) is 12.6. The summed E-state index contributed by atoms with van der Waals surface area (Å²) in [5.74, 6) is 0. The Morgan fingerprint density at radius 1 is 0.743 bits per heavy atom. The number of hydrogen-bond acceptors (Lipinski definition) is 9. The van der Waals surface area contributed by atoms with E-state index in [0.717, 1.165) is 19.1 Å². The molecule has 0 aromatic carbocycles. The van der Waals surface area contributed by atoms with Crippen LogP contribution in [0.4, 0.5) is 0 Å². The molecular formula is C20H52O9Si6. The van der Waals surface area contributed by atoms with Crippen LogP contribution in [0.2, 0.25) is 77.1 Å². The predicted molar refractivity (Wildman–Crippen MR) is 154 cm³/mol. The summed E-state index contributed by atoms with van der Waals surface area (Å²) in [6, 6.07) is 2.17. The highest BCUT2D eigenvalue weighted by Crippen LogP contribution is 2.32. The Bertz CT molecular complexity index is 605. The summed E-state index contributed by atoms with van der Waals surface area (Å²) in [5.41, 5.74) is 0. The summed E-state index contributed by atoms with van der Waals surface area (Å²) < 4.78 is 55.1. The van der Waals surface area contributed by atoms with Gasteiger partial charge in [-0.2, -0.15) is 0 Å². The van der Waals surface area contributed by atoms with Crippen molar-refractivity contribution in [1.82, 2.24) is 0 Å². The second-order valence-corrected chi connectivity index (χ2v) is 33.2. The molecule has 1 rings (SSSR count). The van der Waals surface area contributed by atoms with Crippen LogP contribution in [0.3, 0.4) is 0 Å². The molecule has 1 aliphatic rings. The van der Waals surface area contributed by atoms with Crippen LogP contribution in [0.25, 0.3) is 0 Å². The lowest BCUT2D eigenvalue weighted by Gasteiger charge is -2.42. The summed E-state index contributed by atoms with van der Waals surface area (Å²) in [6.45, 7) is 21.8. The Balaban J connectivity index is 3.04. The van der Waals surface area contributed by atoms with Crippen LogP contribution in [0.5, 0.6) is 0 Å². The smallest absolute Gasteiger partial charge is 0.439 e. The van der Waals surface area contributed by atoms with Crippen LogP contribution in [-0.4, -0.2) is 99.1 Å². The van der Waals surface area contributed by atoms with Gasteiger partial charge in [-0.3, -0.25) is 0 Å². The summed E-state index contributed by atoms with van der Waals surface area (Å²) in [5, 5.41) is 0. The molecule has 4 unspecified atom stereocenters. The van der Waals surface area contributed by atoms with E-state index in [-0.39, 0.29) is 6.10 Å². The standard InChI is InChI=1S/C20H52O9Si6/c1-21-35(22-2,23-3)17-16-34(12,28-32(8,9)10)29-33(11,27-30(4)26-31(5,6)7)15-13-14-24-18-20-19-25-20/h20,30H,13-19H2,1-12H3. The number of rotatable bonds is 20. The highest BCUT2D eigenvalue weighted by molar-refractivity contribution is 6.89. The topological polar surface area (TPSA) is 86.4 Å². The first-order chi connectivity index (χ1) is 16.0. The molecule has 0 N–H and O–H groups in total. The molecule has 1 aliphatic heterocycles. The quantitative estimate of drug-likeness (QED) is 0.114. The maximum Gasteiger partial charge on any atom is 0.500 e. The monoisotopic (exact) mass is 604 g/mol. The van der Waals surface area contributed by atoms with E-state index in [4.69, 9.17) is 39.2 Å². The van der Waals surface area contributed by atoms with Gasteiger partial charge in [0.2, 0.25) is 0 Å². The molecule has 0 aromatic heterocycles. The number of ether oxygens (including phenoxy) is 2. The minimum Gasteiger partial charge on any atom is -0.439 e. The average Bonchev–Trinajstić information content (AvgIpc) is 3.50. The summed E-state index contributed by atoms with van der Waals surface area (Å²) in [4.78, 5) is 0. The highest BCUT2D eigenvalue weighted by Gasteiger charge is 2.49. The molecule has 0 aliphatic carbocycles. The van der Waals surface area contributed by atoms with Gasteiger partial charge in [-0.05, 0) is 77.4 Å². The Labute approximate surface area is 221 Å². The molecule has 1 fully saturated rings. The maximum atomic E-state index is 7.07. The van der Waals surface area contributed by atoms with E-state index >= 15 is 0 Å². The third kappa shape index (κ3) is 14.6. The van der Waals surface area contributed by atoms with Gasteiger partial charge in [0.1, 0.15) is 6.10 Å². The lowest BCUT2D eigenvalue weighted by atomic mass is 10.5. The fourth-order valence-corrected chi connectivity index (χ4v) is 28.1. The summed E-state index contributed by atoms with van der Waals surface area (Å²) in [7, 11) is -8.62. The first kappa shape index (κ1) is 34.0. The highest BCUT2D eigenvalue weighted by atomic mass is 28.5. The van der Waals surface area contributed by atoms with Gasteiger partial charge in [0.05, 0.1) is 13.2 Å². The van der Waals surface area contributed by atoms with Crippen molar-refractivity contribution in [1.29, 1.82) is 0 Å². The largest absolute Gasteiger partial charge is 0.500 e. The second kappa shape index (κ2) is 14.4. The molecule has 0 amide bonds. The van der Waals surface area contributed by atoms with Gasteiger partial charge in [0, 0.05) is 34.0 Å². The van der Waals surface area contributed by atoms with Gasteiger partial charge < -0.3 is 39.2 Å². The zero-order valence-corrected chi connectivity index (χ0v) is 30.4. The van der Waals surface area contributed by atoms with E-state index in [2.05, 4.69) is 58.9 Å². The van der Waals surface area contributed by atoms with Gasteiger partial charge in [0.25, 0.3) is 9.28 Å². The molecule has 0 bridgehead atoms. The molecule has 1 heterocycles. The van der Waals surface area contributed by atoms with Gasteiger partial charge in [-0.15, -0.1) is 0 Å². The fraction of sp³-hybridized carbons (Fsp3) is 1.00.